The van der Waals surface area contributed by atoms with E-state index in [0.717, 1.165) is 12.8 Å². The van der Waals surface area contributed by atoms with Crippen LogP contribution in [0.2, 0.25) is 0 Å². The molecule has 1 N–H and O–H groups in total. The number of fused-ring (bicyclic) bond motifs is 1. The number of methoxy groups -OCH3 is 1. The standard InChI is InChI=1S/C25H38N4O5/c1-16-12-29(23(30)14-27(3)4)17(2)15-34-21-11-19(26-24(31)18-7-8-18)9-10-20(21)25(32)28(5)13-22(16)33-6/h9-11,16-18,22H,7-8,12-15H2,1-6H3,(H,26,31)/t16-,17+,22-/m0/s1. The van der Waals surface area contributed by atoms with Crippen molar-refractivity contribution in [2.45, 2.75) is 38.8 Å². The summed E-state index contributed by atoms with van der Waals surface area (Å²) in [4.78, 5) is 43.9. The van der Waals surface area contributed by atoms with E-state index < -0.39 is 0 Å². The third kappa shape index (κ3) is 6.48. The number of hydrogen-bond donors (Lipinski definition) is 1. The smallest absolute Gasteiger partial charge is 0.257 e. The average molecular weight is 475 g/mol. The maximum Gasteiger partial charge on any atom is 0.257 e. The summed E-state index contributed by atoms with van der Waals surface area (Å²) in [5, 5.41) is 2.91. The van der Waals surface area contributed by atoms with Gasteiger partial charge in [-0.05, 0) is 46.0 Å². The Morgan fingerprint density at radius 3 is 2.53 bits per heavy atom. The first-order chi connectivity index (χ1) is 16.1. The third-order valence-electron chi connectivity index (χ3n) is 6.43. The summed E-state index contributed by atoms with van der Waals surface area (Å²) in [5.41, 5.74) is 1.00. The first kappa shape index (κ1) is 26.0. The molecule has 1 fully saturated rings. The summed E-state index contributed by atoms with van der Waals surface area (Å²) in [6.07, 6.45) is 1.57. The van der Waals surface area contributed by atoms with Crippen LogP contribution in [0.4, 0.5) is 5.69 Å². The van der Waals surface area contributed by atoms with Crippen molar-refractivity contribution in [3.8, 4) is 5.75 Å². The molecule has 3 atom stereocenters. The van der Waals surface area contributed by atoms with Gasteiger partial charge in [-0.25, -0.2) is 0 Å². The van der Waals surface area contributed by atoms with Crippen molar-refractivity contribution in [1.82, 2.24) is 14.7 Å². The van der Waals surface area contributed by atoms with Gasteiger partial charge >= 0.3 is 0 Å². The van der Waals surface area contributed by atoms with E-state index in [2.05, 4.69) is 5.32 Å². The lowest BCUT2D eigenvalue weighted by atomic mass is 10.0. The zero-order chi connectivity index (χ0) is 25.0. The van der Waals surface area contributed by atoms with Crippen molar-refractivity contribution in [2.75, 3.05) is 59.8 Å². The Balaban J connectivity index is 1.92. The molecule has 34 heavy (non-hydrogen) atoms. The van der Waals surface area contributed by atoms with Crippen LogP contribution in [0.5, 0.6) is 5.75 Å². The predicted octanol–water partition coefficient (Wildman–Crippen LogP) is 1.93. The highest BCUT2D eigenvalue weighted by Gasteiger charge is 2.32. The fourth-order valence-corrected chi connectivity index (χ4v) is 4.15. The summed E-state index contributed by atoms with van der Waals surface area (Å²) in [5.74, 6) is 0.280. The van der Waals surface area contributed by atoms with E-state index in [-0.39, 0.29) is 48.3 Å². The van der Waals surface area contributed by atoms with Crippen molar-refractivity contribution in [3.63, 3.8) is 0 Å². The topological polar surface area (TPSA) is 91.4 Å². The summed E-state index contributed by atoms with van der Waals surface area (Å²) < 4.78 is 11.9. The third-order valence-corrected chi connectivity index (χ3v) is 6.43. The molecule has 0 bridgehead atoms. The van der Waals surface area contributed by atoms with Crippen molar-refractivity contribution < 1.29 is 23.9 Å². The van der Waals surface area contributed by atoms with Crippen molar-refractivity contribution in [2.24, 2.45) is 11.8 Å². The molecule has 1 aromatic carbocycles. The molecule has 0 radical (unpaired) electrons. The molecule has 9 nitrogen and oxygen atoms in total. The molecule has 0 unspecified atom stereocenters. The SMILES string of the molecule is CO[C@H]1CN(C)C(=O)c2ccc(NC(=O)C3CC3)cc2OC[C@@H](C)N(C(=O)CN(C)C)C[C@@H]1C. The molecular formula is C25H38N4O5. The lowest BCUT2D eigenvalue weighted by molar-refractivity contribution is -0.136. The van der Waals surface area contributed by atoms with Gasteiger partial charge in [-0.15, -0.1) is 0 Å². The largest absolute Gasteiger partial charge is 0.491 e. The Bertz CT molecular complexity index is 901. The molecule has 188 valence electrons. The van der Waals surface area contributed by atoms with Crippen molar-refractivity contribution >= 4 is 23.4 Å². The zero-order valence-electron chi connectivity index (χ0n) is 21.2. The first-order valence-electron chi connectivity index (χ1n) is 11.9. The molecule has 3 amide bonds. The van der Waals surface area contributed by atoms with Crippen molar-refractivity contribution in [3.05, 3.63) is 23.8 Å². The average Bonchev–Trinajstić information content (AvgIpc) is 3.63. The highest BCUT2D eigenvalue weighted by atomic mass is 16.5. The van der Waals surface area contributed by atoms with Crippen molar-refractivity contribution in [1.29, 1.82) is 0 Å². The molecular weight excluding hydrogens is 436 g/mol. The molecule has 0 spiro atoms. The van der Waals surface area contributed by atoms with Crippen LogP contribution in [0.1, 0.15) is 37.0 Å². The second kappa shape index (κ2) is 11.2. The maximum atomic E-state index is 13.3. The molecule has 1 aromatic rings. The lowest BCUT2D eigenvalue weighted by Gasteiger charge is -2.36. The minimum Gasteiger partial charge on any atom is -0.491 e. The van der Waals surface area contributed by atoms with Gasteiger partial charge in [0.25, 0.3) is 5.91 Å². The van der Waals surface area contributed by atoms with Gasteiger partial charge in [-0.3, -0.25) is 14.4 Å². The fraction of sp³-hybridized carbons (Fsp3) is 0.640. The molecule has 9 heteroatoms. The highest BCUT2D eigenvalue weighted by molar-refractivity contribution is 5.99. The van der Waals surface area contributed by atoms with E-state index in [4.69, 9.17) is 9.47 Å². The number of nitrogens with zero attached hydrogens (tertiary/aromatic N) is 3. The van der Waals surface area contributed by atoms with Gasteiger partial charge < -0.3 is 29.5 Å². The number of ether oxygens (including phenoxy) is 2. The number of carbonyl (C=O) groups is 3. The number of amides is 3. The predicted molar refractivity (Wildman–Crippen MR) is 130 cm³/mol. The van der Waals surface area contributed by atoms with Crippen LogP contribution in [-0.4, -0.2) is 99.1 Å². The highest BCUT2D eigenvalue weighted by Crippen LogP contribution is 2.32. The second-order valence-electron chi connectivity index (χ2n) is 9.86. The molecule has 1 aliphatic heterocycles. The molecule has 1 heterocycles. The van der Waals surface area contributed by atoms with Gasteiger partial charge in [-0.1, -0.05) is 6.92 Å². The van der Waals surface area contributed by atoms with E-state index in [1.165, 1.54) is 0 Å². The normalized spacial score (nSPS) is 24.1. The molecule has 1 aliphatic carbocycles. The zero-order valence-corrected chi connectivity index (χ0v) is 21.2. The van der Waals surface area contributed by atoms with Crippen LogP contribution in [0.15, 0.2) is 18.2 Å². The second-order valence-corrected chi connectivity index (χ2v) is 9.86. The van der Waals surface area contributed by atoms with E-state index in [9.17, 15) is 14.4 Å². The number of rotatable bonds is 5. The number of anilines is 1. The molecule has 2 aliphatic rings. The molecule has 1 saturated carbocycles. The van der Waals surface area contributed by atoms with E-state index >= 15 is 0 Å². The number of hydrogen-bond acceptors (Lipinski definition) is 6. The van der Waals surface area contributed by atoms with Gasteiger partial charge in [-0.2, -0.15) is 0 Å². The lowest BCUT2D eigenvalue weighted by Crippen LogP contribution is -2.50. The van der Waals surface area contributed by atoms with Gasteiger partial charge in [0.2, 0.25) is 11.8 Å². The van der Waals surface area contributed by atoms with Crippen LogP contribution < -0.4 is 10.1 Å². The summed E-state index contributed by atoms with van der Waals surface area (Å²) >= 11 is 0. The molecule has 0 aromatic heterocycles. The van der Waals surface area contributed by atoms with Crippen LogP contribution >= 0.6 is 0 Å². The Labute approximate surface area is 202 Å². The van der Waals surface area contributed by atoms with E-state index in [1.54, 1.807) is 37.3 Å². The first-order valence-corrected chi connectivity index (χ1v) is 11.9. The Morgan fingerprint density at radius 2 is 1.91 bits per heavy atom. The van der Waals surface area contributed by atoms with Crippen LogP contribution in [0, 0.1) is 11.8 Å². The van der Waals surface area contributed by atoms with Gasteiger partial charge in [0.15, 0.2) is 0 Å². The maximum absolute atomic E-state index is 13.3. The number of nitrogens with one attached hydrogen (secondary N) is 1. The number of carbonyl (C=O) groups excluding carboxylic acids is 3. The Morgan fingerprint density at radius 1 is 1.21 bits per heavy atom. The van der Waals surface area contributed by atoms with Crippen LogP contribution in [0.3, 0.4) is 0 Å². The minimum atomic E-state index is -0.239. The number of likely N-dealkylation sites (N-methyl/N-ethyl adjacent to an activating group) is 2. The van der Waals surface area contributed by atoms with Gasteiger partial charge in [0.05, 0.1) is 24.3 Å². The van der Waals surface area contributed by atoms with Crippen LogP contribution in [-0.2, 0) is 14.3 Å². The summed E-state index contributed by atoms with van der Waals surface area (Å²) in [7, 11) is 7.10. The Kier molecular flexibility index (Phi) is 8.54. The number of benzene rings is 1. The summed E-state index contributed by atoms with van der Waals surface area (Å²) in [6.45, 7) is 5.35. The van der Waals surface area contributed by atoms with Gasteiger partial charge in [0, 0.05) is 50.8 Å². The van der Waals surface area contributed by atoms with E-state index in [1.807, 2.05) is 37.7 Å². The summed E-state index contributed by atoms with van der Waals surface area (Å²) in [6, 6.07) is 4.89. The monoisotopic (exact) mass is 474 g/mol. The van der Waals surface area contributed by atoms with Gasteiger partial charge in [0.1, 0.15) is 12.4 Å². The Hall–Kier alpha value is -2.65. The van der Waals surface area contributed by atoms with E-state index in [0.29, 0.717) is 36.6 Å². The fourth-order valence-electron chi connectivity index (χ4n) is 4.15. The quantitative estimate of drug-likeness (QED) is 0.701. The van der Waals surface area contributed by atoms with Crippen LogP contribution in [0.25, 0.3) is 0 Å². The molecule has 3 rings (SSSR count). The molecule has 0 saturated heterocycles. The minimum absolute atomic E-state index is 0.00715.